The minimum atomic E-state index is -2.37. The molecule has 0 spiro atoms. The van der Waals surface area contributed by atoms with Crippen LogP contribution in [-0.2, 0) is 54.3 Å². The topological polar surface area (TPSA) is 195 Å². The maximum atomic E-state index is 13.9. The van der Waals surface area contributed by atoms with E-state index in [2.05, 4.69) is 6.92 Å². The maximum Gasteiger partial charge on any atom is 0.329 e. The van der Waals surface area contributed by atoms with Crippen molar-refractivity contribution in [3.63, 3.8) is 0 Å². The van der Waals surface area contributed by atoms with Crippen LogP contribution in [0.15, 0.2) is 90.1 Å². The van der Waals surface area contributed by atoms with Crippen molar-refractivity contribution in [3.05, 3.63) is 95.6 Å². The molecule has 0 radical (unpaired) electrons. The zero-order valence-corrected chi connectivity index (χ0v) is 44.6. The van der Waals surface area contributed by atoms with Gasteiger partial charge in [0.05, 0.1) is 24.4 Å². The molecule has 400 valence electrons. The molecule has 72 heavy (non-hydrogen) atoms. The number of carbonyl (C=O) groups excluding carboxylic acids is 5. The summed E-state index contributed by atoms with van der Waals surface area (Å²) >= 11 is 0. The molecule has 1 saturated carbocycles. The second-order valence-corrected chi connectivity index (χ2v) is 20.8. The fraction of sp³-hybridized carbons (Fsp3) is 0.638. The molecule has 1 amide bonds. The van der Waals surface area contributed by atoms with E-state index in [1.807, 2.05) is 87.6 Å². The quantitative estimate of drug-likeness (QED) is 0.0265. The van der Waals surface area contributed by atoms with Gasteiger partial charge in [0.1, 0.15) is 24.9 Å². The van der Waals surface area contributed by atoms with E-state index in [1.165, 1.54) is 12.0 Å². The zero-order chi connectivity index (χ0) is 53.1. The van der Waals surface area contributed by atoms with Crippen molar-refractivity contribution in [1.82, 2.24) is 4.90 Å². The summed E-state index contributed by atoms with van der Waals surface area (Å²) < 4.78 is 28.5. The predicted molar refractivity (Wildman–Crippen MR) is 276 cm³/mol. The number of aliphatic hydroxyl groups is 3. The van der Waals surface area contributed by atoms with Gasteiger partial charge in [-0.15, -0.1) is 0 Å². The van der Waals surface area contributed by atoms with Crippen LogP contribution in [0.3, 0.4) is 0 Å². The summed E-state index contributed by atoms with van der Waals surface area (Å²) in [4.78, 5) is 68.7. The van der Waals surface area contributed by atoms with Crippen molar-refractivity contribution in [2.45, 2.75) is 174 Å². The number of likely N-dealkylation sites (tertiary alicyclic amines) is 1. The van der Waals surface area contributed by atoms with Crippen LogP contribution in [-0.4, -0.2) is 126 Å². The number of allylic oxidation sites excluding steroid dienone is 8. The van der Waals surface area contributed by atoms with Crippen molar-refractivity contribution in [2.75, 3.05) is 27.9 Å². The van der Waals surface area contributed by atoms with Crippen LogP contribution in [0.25, 0.3) is 0 Å². The van der Waals surface area contributed by atoms with Crippen molar-refractivity contribution >= 4 is 29.2 Å². The molecular formula is C58H85NO13. The number of benzene rings is 1. The summed E-state index contributed by atoms with van der Waals surface area (Å²) in [7, 11) is 4.61. The molecule has 0 bridgehead atoms. The summed E-state index contributed by atoms with van der Waals surface area (Å²) in [5.41, 5.74) is 2.17. The van der Waals surface area contributed by atoms with Gasteiger partial charge < -0.3 is 43.9 Å². The van der Waals surface area contributed by atoms with E-state index in [0.29, 0.717) is 62.9 Å². The van der Waals surface area contributed by atoms with Gasteiger partial charge >= 0.3 is 5.97 Å². The Balaban J connectivity index is 1.26. The average Bonchev–Trinajstić information content (AvgIpc) is 3.37. The minimum Gasteiger partial charge on any atom is -0.459 e. The number of methoxy groups -OCH3 is 3. The molecular weight excluding hydrogens is 919 g/mol. The lowest BCUT2D eigenvalue weighted by molar-refractivity contribution is -0.265. The van der Waals surface area contributed by atoms with E-state index in [1.54, 1.807) is 47.1 Å². The third-order valence-electron chi connectivity index (χ3n) is 14.9. The lowest BCUT2D eigenvalue weighted by Gasteiger charge is -2.42. The highest BCUT2D eigenvalue weighted by molar-refractivity contribution is 6.39. The largest absolute Gasteiger partial charge is 0.459 e. The molecule has 3 fully saturated rings. The molecule has 14 nitrogen and oxygen atoms in total. The Morgan fingerprint density at radius 1 is 0.861 bits per heavy atom. The van der Waals surface area contributed by atoms with Crippen LogP contribution in [0.5, 0.6) is 0 Å². The van der Waals surface area contributed by atoms with Gasteiger partial charge in [-0.05, 0) is 119 Å². The van der Waals surface area contributed by atoms with Crippen LogP contribution >= 0.6 is 0 Å². The van der Waals surface area contributed by atoms with Crippen molar-refractivity contribution in [3.8, 4) is 0 Å². The molecule has 4 rings (SSSR count). The molecule has 1 aromatic rings. The normalized spacial score (nSPS) is 27.5. The molecule has 14 atom stereocenters. The number of aliphatic hydroxyl groups excluding tert-OH is 2. The monoisotopic (exact) mass is 1000 g/mol. The summed E-state index contributed by atoms with van der Waals surface area (Å²) in [6, 6.07) is 8.28. The third-order valence-corrected chi connectivity index (χ3v) is 14.9. The number of ether oxygens (including phenoxy) is 5. The van der Waals surface area contributed by atoms with Crippen LogP contribution in [0.1, 0.15) is 125 Å². The van der Waals surface area contributed by atoms with Gasteiger partial charge in [0.2, 0.25) is 5.79 Å². The molecule has 1 aliphatic carbocycles. The van der Waals surface area contributed by atoms with Gasteiger partial charge in [0.25, 0.3) is 11.7 Å². The van der Waals surface area contributed by atoms with Gasteiger partial charge in [-0.1, -0.05) is 107 Å². The summed E-state index contributed by atoms with van der Waals surface area (Å²) in [5, 5.41) is 33.1. The molecule has 2 heterocycles. The smallest absolute Gasteiger partial charge is 0.329 e. The maximum absolute atomic E-state index is 13.9. The van der Waals surface area contributed by atoms with Crippen LogP contribution in [0, 0.1) is 35.5 Å². The van der Waals surface area contributed by atoms with E-state index in [9.17, 15) is 39.3 Å². The summed E-state index contributed by atoms with van der Waals surface area (Å²) in [5.74, 6) is -6.31. The van der Waals surface area contributed by atoms with Gasteiger partial charge in [0.15, 0.2) is 11.6 Å². The first-order valence-electron chi connectivity index (χ1n) is 26.1. The first-order chi connectivity index (χ1) is 34.2. The molecule has 2 aliphatic heterocycles. The summed E-state index contributed by atoms with van der Waals surface area (Å²) in [6.07, 6.45) is 17.7. The van der Waals surface area contributed by atoms with Crippen LogP contribution in [0.4, 0.5) is 0 Å². The minimum absolute atomic E-state index is 0.0167. The highest BCUT2D eigenvalue weighted by Gasteiger charge is 2.53. The van der Waals surface area contributed by atoms with Crippen LogP contribution in [0.2, 0.25) is 0 Å². The first kappa shape index (κ1) is 60.1. The number of ketones is 3. The number of esters is 1. The SMILES string of the molecule is CO[C@H](C[C@@H]1CC[C@@H](C)[C@](O)(C(=O)C(=O)N2CCCCC2C(=O)OCc2ccccc2)O1)/C(C)=C/C=C/C=C/[C@@H](C)C[C@@H](C)C(=O)[C@H](OC)[C@H](O)/C(C)=C/[C@@H](C)C(=O)/C=C/[C@H](C)CC1CC[C@@H](O)[C@H](OC)C1. The Hall–Kier alpha value is -4.41. The number of Topliss-reactive ketones (excluding diaryl/α,β-unsaturated/α-hetero) is 2. The highest BCUT2D eigenvalue weighted by atomic mass is 16.6. The number of piperidine rings is 1. The van der Waals surface area contributed by atoms with Crippen molar-refractivity contribution in [1.29, 1.82) is 0 Å². The number of amides is 1. The third kappa shape index (κ3) is 17.3. The zero-order valence-electron chi connectivity index (χ0n) is 44.6. The number of hydrogen-bond acceptors (Lipinski definition) is 13. The fourth-order valence-corrected chi connectivity index (χ4v) is 10.3. The number of hydrogen-bond donors (Lipinski definition) is 3. The predicted octanol–water partition coefficient (Wildman–Crippen LogP) is 8.16. The van der Waals surface area contributed by atoms with E-state index in [4.69, 9.17) is 23.7 Å². The first-order valence-corrected chi connectivity index (χ1v) is 26.1. The average molecular weight is 1000 g/mol. The van der Waals surface area contributed by atoms with Crippen molar-refractivity contribution < 1.29 is 63.0 Å². The molecule has 1 aromatic carbocycles. The second-order valence-electron chi connectivity index (χ2n) is 20.8. The molecule has 2 unspecified atom stereocenters. The number of nitrogens with zero attached hydrogens (tertiary/aromatic N) is 1. The number of rotatable bonds is 26. The van der Waals surface area contributed by atoms with E-state index >= 15 is 0 Å². The van der Waals surface area contributed by atoms with Gasteiger partial charge in [-0.2, -0.15) is 0 Å². The van der Waals surface area contributed by atoms with Gasteiger partial charge in [-0.3, -0.25) is 19.2 Å². The Morgan fingerprint density at radius 2 is 1.58 bits per heavy atom. The Morgan fingerprint density at radius 3 is 2.26 bits per heavy atom. The van der Waals surface area contributed by atoms with Crippen LogP contribution < -0.4 is 0 Å². The molecule has 3 aliphatic rings. The lowest BCUT2D eigenvalue weighted by atomic mass is 9.80. The lowest BCUT2D eigenvalue weighted by Crippen LogP contribution is -2.60. The molecule has 0 aromatic heterocycles. The van der Waals surface area contributed by atoms with E-state index in [0.717, 1.165) is 30.4 Å². The number of carbonyl (C=O) groups is 5. The Kier molecular flexibility index (Phi) is 24.6. The van der Waals surface area contributed by atoms with E-state index in [-0.39, 0.29) is 42.7 Å². The van der Waals surface area contributed by atoms with Gasteiger partial charge in [-0.25, -0.2) is 4.79 Å². The molecule has 14 heteroatoms. The molecule has 2 saturated heterocycles. The molecule has 3 N–H and O–H groups in total. The standard InChI is InChI=1S/C58H85NO13/c1-37(31-41(5)52(62)54(70-10)53(63)42(6)33-40(4)48(60)28-24-38(2)32-45-26-29-49(61)51(34-45)69-9)19-13-11-14-20-39(3)50(68-8)35-46-27-25-43(7)58(67,72-46)55(64)56(65)59-30-18-17-23-47(59)57(66)71-36-44-21-15-12-16-22-44/h11-16,19-22,24,28,33,37-38,40-41,43,45-47,49-51,53-54,61,63,67H,17-18,23,25-27,29-32,34-36H2,1-10H3/b14-11+,19-13+,28-24+,39-20+,42-33+/t37-,38+,40-,41-,43-,45?,46+,47?,49-,50-,51-,53-,54+,58-/m1/s1. The Labute approximate surface area is 428 Å². The van der Waals surface area contributed by atoms with E-state index < -0.39 is 77.8 Å². The fourth-order valence-electron chi connectivity index (χ4n) is 10.3. The highest BCUT2D eigenvalue weighted by Crippen LogP contribution is 2.37. The van der Waals surface area contributed by atoms with Crippen molar-refractivity contribution in [2.24, 2.45) is 35.5 Å². The van der Waals surface area contributed by atoms with Gasteiger partial charge in [0, 0.05) is 52.0 Å². The summed E-state index contributed by atoms with van der Waals surface area (Å²) in [6.45, 7) is 13.2. The second kappa shape index (κ2) is 29.5. The Bertz CT molecular complexity index is 2080.